The third kappa shape index (κ3) is 0.948. The molecule has 0 radical (unpaired) electrons. The number of ether oxygens (including phenoxy) is 1. The number of hydrogen-bond donors (Lipinski definition) is 1. The smallest absolute Gasteiger partial charge is 0.262 e. The van der Waals surface area contributed by atoms with Crippen LogP contribution in [0.1, 0.15) is 37.9 Å². The molecular formula is C11H13N3OS. The van der Waals surface area contributed by atoms with Crippen LogP contribution < -0.4 is 10.1 Å². The predicted octanol–water partition coefficient (Wildman–Crippen LogP) is 1.72. The SMILES string of the molecule is CC1NC(=S)Oc2cn(C34CC(C3)C4)nc21. The summed E-state index contributed by atoms with van der Waals surface area (Å²) in [5, 5.41) is 8.21. The number of hydrogen-bond acceptors (Lipinski definition) is 3. The second kappa shape index (κ2) is 2.59. The van der Waals surface area contributed by atoms with Crippen molar-refractivity contribution in [2.45, 2.75) is 37.8 Å². The fourth-order valence-electron chi connectivity index (χ4n) is 3.08. The van der Waals surface area contributed by atoms with Crippen LogP contribution >= 0.6 is 12.2 Å². The lowest BCUT2D eigenvalue weighted by Gasteiger charge is -2.61. The van der Waals surface area contributed by atoms with E-state index < -0.39 is 0 Å². The Hall–Kier alpha value is -1.10. The third-order valence-electron chi connectivity index (χ3n) is 4.15. The zero-order valence-corrected chi connectivity index (χ0v) is 9.88. The summed E-state index contributed by atoms with van der Waals surface area (Å²) >= 11 is 5.04. The molecule has 1 atom stereocenters. The Morgan fingerprint density at radius 1 is 1.56 bits per heavy atom. The standard InChI is InChI=1S/C11H13N3OS/c1-6-9-8(15-10(16)12-6)5-14(13-9)11-2-7(3-11)4-11/h5-7H,2-4H2,1H3,(H,12,16). The number of aromatic nitrogens is 2. The molecule has 5 rings (SSSR count). The summed E-state index contributed by atoms with van der Waals surface area (Å²) in [6, 6.07) is 0.157. The summed E-state index contributed by atoms with van der Waals surface area (Å²) in [4.78, 5) is 0. The Morgan fingerprint density at radius 3 is 2.94 bits per heavy atom. The van der Waals surface area contributed by atoms with Crippen molar-refractivity contribution in [3.8, 4) is 5.75 Å². The highest BCUT2D eigenvalue weighted by Gasteiger charge is 2.59. The van der Waals surface area contributed by atoms with Crippen molar-refractivity contribution >= 4 is 17.4 Å². The zero-order valence-electron chi connectivity index (χ0n) is 9.06. The van der Waals surface area contributed by atoms with Gasteiger partial charge in [0.15, 0.2) is 5.75 Å². The van der Waals surface area contributed by atoms with Gasteiger partial charge in [-0.15, -0.1) is 0 Å². The molecule has 0 spiro atoms. The van der Waals surface area contributed by atoms with Crippen molar-refractivity contribution < 1.29 is 4.74 Å². The minimum absolute atomic E-state index is 0.157. The molecule has 1 aliphatic heterocycles. The Bertz CT molecular complexity index is 478. The summed E-state index contributed by atoms with van der Waals surface area (Å²) in [6.45, 7) is 2.06. The van der Waals surface area contributed by atoms with E-state index in [1.54, 1.807) is 0 Å². The fourth-order valence-corrected chi connectivity index (χ4v) is 3.35. The molecule has 4 nitrogen and oxygen atoms in total. The van der Waals surface area contributed by atoms with Gasteiger partial charge in [0, 0.05) is 0 Å². The molecule has 1 N–H and O–H groups in total. The minimum atomic E-state index is 0.157. The van der Waals surface area contributed by atoms with Crippen LogP contribution in [0.2, 0.25) is 0 Å². The quantitative estimate of drug-likeness (QED) is 0.752. The van der Waals surface area contributed by atoms with E-state index in [9.17, 15) is 0 Å². The number of thiocarbonyl (C=S) groups is 1. The van der Waals surface area contributed by atoms with E-state index in [4.69, 9.17) is 17.0 Å². The van der Waals surface area contributed by atoms with Gasteiger partial charge in [-0.25, -0.2) is 0 Å². The molecule has 84 valence electrons. The molecule has 2 heterocycles. The van der Waals surface area contributed by atoms with Crippen LogP contribution in [-0.2, 0) is 5.54 Å². The molecule has 1 aromatic rings. The second-order valence-corrected chi connectivity index (χ2v) is 5.65. The van der Waals surface area contributed by atoms with Gasteiger partial charge < -0.3 is 10.1 Å². The highest BCUT2D eigenvalue weighted by atomic mass is 32.1. The summed E-state index contributed by atoms with van der Waals surface area (Å²) in [5.41, 5.74) is 1.31. The van der Waals surface area contributed by atoms with Crippen LogP contribution in [0.25, 0.3) is 0 Å². The van der Waals surface area contributed by atoms with Crippen molar-refractivity contribution in [2.75, 3.05) is 0 Å². The number of rotatable bonds is 1. The van der Waals surface area contributed by atoms with Gasteiger partial charge in [0.25, 0.3) is 5.17 Å². The van der Waals surface area contributed by atoms with E-state index in [0.29, 0.717) is 10.7 Å². The fraction of sp³-hybridized carbons (Fsp3) is 0.636. The van der Waals surface area contributed by atoms with Gasteiger partial charge in [0.2, 0.25) is 0 Å². The molecule has 2 bridgehead atoms. The monoisotopic (exact) mass is 235 g/mol. The number of nitrogens with one attached hydrogen (secondary N) is 1. The summed E-state index contributed by atoms with van der Waals surface area (Å²) in [7, 11) is 0. The molecule has 3 aliphatic carbocycles. The highest BCUT2D eigenvalue weighted by molar-refractivity contribution is 7.80. The maximum Gasteiger partial charge on any atom is 0.262 e. The minimum Gasteiger partial charge on any atom is -0.428 e. The lowest BCUT2D eigenvalue weighted by Crippen LogP contribution is -2.59. The topological polar surface area (TPSA) is 39.1 Å². The molecule has 0 aromatic carbocycles. The zero-order chi connectivity index (χ0) is 10.9. The summed E-state index contributed by atoms with van der Waals surface area (Å²) in [5.74, 6) is 1.79. The van der Waals surface area contributed by atoms with E-state index in [0.717, 1.165) is 17.4 Å². The van der Waals surface area contributed by atoms with Gasteiger partial charge in [-0.05, 0) is 44.3 Å². The Balaban J connectivity index is 1.76. The number of fused-ring (bicyclic) bond motifs is 1. The Labute approximate surface area is 99.0 Å². The second-order valence-electron chi connectivity index (χ2n) is 5.28. The van der Waals surface area contributed by atoms with Crippen molar-refractivity contribution in [3.05, 3.63) is 11.9 Å². The molecule has 16 heavy (non-hydrogen) atoms. The molecule has 4 aliphatic rings. The first-order valence-corrected chi connectivity index (χ1v) is 6.15. The lowest BCUT2D eigenvalue weighted by molar-refractivity contribution is -0.0980. The summed E-state index contributed by atoms with van der Waals surface area (Å²) < 4.78 is 7.62. The van der Waals surface area contributed by atoms with Gasteiger partial charge in [-0.1, -0.05) is 0 Å². The lowest BCUT2D eigenvalue weighted by atomic mass is 9.50. The molecule has 3 saturated carbocycles. The predicted molar refractivity (Wildman–Crippen MR) is 62.3 cm³/mol. The van der Waals surface area contributed by atoms with E-state index in [1.165, 1.54) is 19.3 Å². The first-order valence-electron chi connectivity index (χ1n) is 5.75. The van der Waals surface area contributed by atoms with Crippen LogP contribution in [0.5, 0.6) is 5.75 Å². The van der Waals surface area contributed by atoms with Crippen LogP contribution in [0, 0.1) is 5.92 Å². The first kappa shape index (κ1) is 8.98. The van der Waals surface area contributed by atoms with Crippen molar-refractivity contribution in [3.63, 3.8) is 0 Å². The highest BCUT2D eigenvalue weighted by Crippen LogP contribution is 2.62. The van der Waals surface area contributed by atoms with Gasteiger partial charge >= 0.3 is 0 Å². The van der Waals surface area contributed by atoms with E-state index in [1.807, 2.05) is 6.20 Å². The molecular weight excluding hydrogens is 222 g/mol. The molecule has 1 aromatic heterocycles. The van der Waals surface area contributed by atoms with Crippen LogP contribution in [0.3, 0.4) is 0 Å². The van der Waals surface area contributed by atoms with E-state index >= 15 is 0 Å². The largest absolute Gasteiger partial charge is 0.428 e. The Morgan fingerprint density at radius 2 is 2.31 bits per heavy atom. The van der Waals surface area contributed by atoms with Crippen molar-refractivity contribution in [1.82, 2.24) is 15.1 Å². The third-order valence-corrected chi connectivity index (χ3v) is 4.35. The van der Waals surface area contributed by atoms with Crippen LogP contribution in [0.4, 0.5) is 0 Å². The average molecular weight is 235 g/mol. The van der Waals surface area contributed by atoms with Gasteiger partial charge in [0.05, 0.1) is 17.8 Å². The molecule has 3 fully saturated rings. The molecule has 5 heteroatoms. The number of nitrogens with zero attached hydrogens (tertiary/aromatic N) is 2. The van der Waals surface area contributed by atoms with E-state index in [2.05, 4.69) is 22.0 Å². The van der Waals surface area contributed by atoms with Crippen LogP contribution in [-0.4, -0.2) is 15.0 Å². The average Bonchev–Trinajstić information content (AvgIpc) is 2.41. The molecule has 0 saturated heterocycles. The summed E-state index contributed by atoms with van der Waals surface area (Å²) in [6.07, 6.45) is 5.90. The normalized spacial score (nSPS) is 38.9. The first-order chi connectivity index (χ1) is 7.66. The van der Waals surface area contributed by atoms with Crippen molar-refractivity contribution in [1.29, 1.82) is 0 Å². The molecule has 1 unspecified atom stereocenters. The molecule has 0 amide bonds. The van der Waals surface area contributed by atoms with Crippen LogP contribution in [0.15, 0.2) is 6.20 Å². The Kier molecular flexibility index (Phi) is 1.45. The van der Waals surface area contributed by atoms with Gasteiger partial charge in [-0.3, -0.25) is 4.68 Å². The maximum absolute atomic E-state index is 5.50. The van der Waals surface area contributed by atoms with Gasteiger partial charge in [0.1, 0.15) is 5.69 Å². The maximum atomic E-state index is 5.50. The van der Waals surface area contributed by atoms with Crippen molar-refractivity contribution in [2.24, 2.45) is 5.92 Å². The van der Waals surface area contributed by atoms with Gasteiger partial charge in [-0.2, -0.15) is 5.10 Å². The van der Waals surface area contributed by atoms with E-state index in [-0.39, 0.29) is 6.04 Å².